The van der Waals surface area contributed by atoms with Crippen LogP contribution in [0.1, 0.15) is 53.8 Å². The van der Waals surface area contributed by atoms with Crippen LogP contribution >= 0.6 is 23.1 Å². The van der Waals surface area contributed by atoms with Gasteiger partial charge in [-0.1, -0.05) is 6.07 Å². The third-order valence-corrected chi connectivity index (χ3v) is 11.9. The van der Waals surface area contributed by atoms with Gasteiger partial charge in [-0.15, -0.1) is 23.1 Å². The molecule has 0 aromatic carbocycles. The van der Waals surface area contributed by atoms with E-state index in [-0.39, 0.29) is 22.3 Å². The smallest absolute Gasteiger partial charge is 0.323 e. The summed E-state index contributed by atoms with van der Waals surface area (Å²) >= 11 is 3.36. The Hall–Kier alpha value is -3.41. The zero-order valence-corrected chi connectivity index (χ0v) is 25.2. The second-order valence-corrected chi connectivity index (χ2v) is 14.2. The summed E-state index contributed by atoms with van der Waals surface area (Å²) in [6.07, 6.45) is 3.22. The molecule has 0 amide bonds. The quantitative estimate of drug-likeness (QED) is 0.405. The minimum atomic E-state index is -0.842. The fourth-order valence-electron chi connectivity index (χ4n) is 6.94. The number of hydrogen-bond donors (Lipinski definition) is 2. The minimum absolute atomic E-state index is 0.171. The van der Waals surface area contributed by atoms with Gasteiger partial charge in [0, 0.05) is 61.1 Å². The first-order chi connectivity index (χ1) is 20.2. The summed E-state index contributed by atoms with van der Waals surface area (Å²) in [5.74, 6) is 2.24. The van der Waals surface area contributed by atoms with Crippen molar-refractivity contribution in [2.45, 2.75) is 54.4 Å². The van der Waals surface area contributed by atoms with Crippen molar-refractivity contribution in [1.29, 1.82) is 5.26 Å². The number of fused-ring (bicyclic) bond motifs is 3. The van der Waals surface area contributed by atoms with Gasteiger partial charge in [0.15, 0.2) is 0 Å². The zero-order chi connectivity index (χ0) is 29.2. The maximum Gasteiger partial charge on any atom is 0.323 e. The van der Waals surface area contributed by atoms with Crippen LogP contribution in [0.4, 0.5) is 27.1 Å². The van der Waals surface area contributed by atoms with Crippen molar-refractivity contribution >= 4 is 45.8 Å². The van der Waals surface area contributed by atoms with E-state index in [0.29, 0.717) is 60.9 Å². The number of thioether (sulfide) groups is 1. The van der Waals surface area contributed by atoms with Gasteiger partial charge in [0.1, 0.15) is 29.7 Å². The molecule has 3 atom stereocenters. The Labute approximate surface area is 252 Å². The van der Waals surface area contributed by atoms with Gasteiger partial charge in [0.2, 0.25) is 11.9 Å². The highest BCUT2D eigenvalue weighted by Gasteiger charge is 2.53. The number of pyridine rings is 1. The minimum Gasteiger partial charge on any atom is -0.461 e. The predicted octanol–water partition coefficient (Wildman–Crippen LogP) is 3.48. The highest BCUT2D eigenvalue weighted by molar-refractivity contribution is 8.00. The standard InChI is InChI=1S/C28H33FN10OS2/c1-16(18-5-3-7-33-22(18)31)37(2)24-34-25(36-26(35-24)40-15-27-6-4-8-39(27)11-17(29)9-27)38-13-28(14-38)21-19(10-30)23(32)42-20(21)12-41-28/h3,5,7,16-17H,4,6,8-9,11-15,32H2,1-2H3,(H2,31,33)/t16?,17-,27+/m1/s1. The second kappa shape index (κ2) is 10.1. The number of alkyl halides is 1. The number of halogens is 1. The summed E-state index contributed by atoms with van der Waals surface area (Å²) in [5.41, 5.74) is 14.6. The van der Waals surface area contributed by atoms with E-state index in [1.165, 1.54) is 16.2 Å². The fourth-order valence-corrected chi connectivity index (χ4v) is 9.75. The highest BCUT2D eigenvalue weighted by Crippen LogP contribution is 2.57. The lowest BCUT2D eigenvalue weighted by atomic mass is 9.88. The van der Waals surface area contributed by atoms with Gasteiger partial charge in [0.05, 0.1) is 21.9 Å². The van der Waals surface area contributed by atoms with Crippen molar-refractivity contribution in [3.8, 4) is 12.1 Å². The van der Waals surface area contributed by atoms with E-state index in [1.54, 1.807) is 6.20 Å². The monoisotopic (exact) mass is 608 g/mol. The summed E-state index contributed by atoms with van der Waals surface area (Å²) in [6.45, 7) is 4.98. The van der Waals surface area contributed by atoms with Crippen molar-refractivity contribution in [2.24, 2.45) is 0 Å². The van der Waals surface area contributed by atoms with Gasteiger partial charge < -0.3 is 26.0 Å². The number of ether oxygens (including phenoxy) is 1. The van der Waals surface area contributed by atoms with E-state index >= 15 is 0 Å². The maximum absolute atomic E-state index is 14.4. The molecule has 0 bridgehead atoms. The molecule has 11 nitrogen and oxygen atoms in total. The van der Waals surface area contributed by atoms with Crippen LogP contribution in [0.3, 0.4) is 0 Å². The number of rotatable bonds is 7. The summed E-state index contributed by atoms with van der Waals surface area (Å²) in [5, 5.41) is 10.4. The number of nitrogen functional groups attached to an aromatic ring is 2. The Bertz CT molecular complexity index is 1570. The van der Waals surface area contributed by atoms with Gasteiger partial charge >= 0.3 is 6.01 Å². The molecule has 14 heteroatoms. The summed E-state index contributed by atoms with van der Waals surface area (Å²) in [7, 11) is 1.91. The van der Waals surface area contributed by atoms with Crippen LogP contribution < -0.4 is 26.0 Å². The molecule has 3 aromatic rings. The first-order valence-corrected chi connectivity index (χ1v) is 15.9. The van der Waals surface area contributed by atoms with Crippen LogP contribution in [0, 0.1) is 11.3 Å². The summed E-state index contributed by atoms with van der Waals surface area (Å²) in [4.78, 5) is 26.0. The molecule has 7 heterocycles. The second-order valence-electron chi connectivity index (χ2n) is 11.7. The number of hydrogen-bond acceptors (Lipinski definition) is 13. The molecule has 220 valence electrons. The maximum atomic E-state index is 14.4. The van der Waals surface area contributed by atoms with Crippen molar-refractivity contribution in [3.63, 3.8) is 0 Å². The lowest BCUT2D eigenvalue weighted by Gasteiger charge is -2.47. The van der Waals surface area contributed by atoms with Crippen LogP contribution in [-0.2, 0) is 10.5 Å². The molecule has 0 radical (unpaired) electrons. The average molecular weight is 609 g/mol. The van der Waals surface area contributed by atoms with Gasteiger partial charge in [-0.25, -0.2) is 9.37 Å². The molecule has 3 aromatic heterocycles. The number of nitrogens with two attached hydrogens (primary N) is 2. The molecule has 1 unspecified atom stereocenters. The lowest BCUT2D eigenvalue weighted by Crippen LogP contribution is -2.57. The Morgan fingerprint density at radius 1 is 1.31 bits per heavy atom. The molecule has 1 spiro atoms. The molecule has 0 aliphatic carbocycles. The van der Waals surface area contributed by atoms with E-state index < -0.39 is 6.17 Å². The van der Waals surface area contributed by atoms with Crippen molar-refractivity contribution in [1.82, 2.24) is 24.8 Å². The molecule has 3 fully saturated rings. The van der Waals surface area contributed by atoms with Gasteiger partial charge in [0.25, 0.3) is 0 Å². The Morgan fingerprint density at radius 2 is 2.14 bits per heavy atom. The SMILES string of the molecule is CC(c1cccnc1N)N(C)c1nc(OC[C@@]23CCCN2C[C@H](F)C3)nc(N2CC3(C2)SCc2sc(N)c(C#N)c23)n1. The molecule has 4 aliphatic heterocycles. The fraction of sp³-hybridized carbons (Fsp3) is 0.536. The van der Waals surface area contributed by atoms with Crippen molar-refractivity contribution in [3.05, 3.63) is 39.9 Å². The number of nitriles is 1. The van der Waals surface area contributed by atoms with Gasteiger partial charge in [-0.2, -0.15) is 20.2 Å². The number of thiophene rings is 1. The molecule has 4 N–H and O–H groups in total. The molecular formula is C28H33FN10OS2. The molecule has 7 rings (SSSR count). The predicted molar refractivity (Wildman–Crippen MR) is 162 cm³/mol. The molecule has 42 heavy (non-hydrogen) atoms. The average Bonchev–Trinajstić information content (AvgIpc) is 3.68. The summed E-state index contributed by atoms with van der Waals surface area (Å²) < 4.78 is 20.5. The first-order valence-electron chi connectivity index (χ1n) is 14.1. The third kappa shape index (κ3) is 4.32. The third-order valence-electron chi connectivity index (χ3n) is 9.27. The largest absolute Gasteiger partial charge is 0.461 e. The zero-order valence-electron chi connectivity index (χ0n) is 23.6. The van der Waals surface area contributed by atoms with Crippen LogP contribution in [-0.4, -0.2) is 76.4 Å². The van der Waals surface area contributed by atoms with Crippen LogP contribution in [0.25, 0.3) is 0 Å². The highest BCUT2D eigenvalue weighted by atomic mass is 32.2. The number of anilines is 4. The normalized spacial score (nSPS) is 24.7. The van der Waals surface area contributed by atoms with E-state index in [9.17, 15) is 9.65 Å². The first kappa shape index (κ1) is 27.4. The molecule has 0 saturated carbocycles. The van der Waals surface area contributed by atoms with Crippen molar-refractivity contribution in [2.75, 3.05) is 61.1 Å². The van der Waals surface area contributed by atoms with E-state index in [2.05, 4.69) is 20.9 Å². The van der Waals surface area contributed by atoms with Gasteiger partial charge in [-0.05, 0) is 32.4 Å². The molecule has 3 saturated heterocycles. The van der Waals surface area contributed by atoms with Gasteiger partial charge in [-0.3, -0.25) is 4.90 Å². The Balaban J connectivity index is 1.19. The Kier molecular flexibility index (Phi) is 6.59. The summed E-state index contributed by atoms with van der Waals surface area (Å²) in [6, 6.07) is 6.17. The van der Waals surface area contributed by atoms with Crippen molar-refractivity contribution < 1.29 is 9.13 Å². The van der Waals surface area contributed by atoms with E-state index in [4.69, 9.17) is 31.2 Å². The van der Waals surface area contributed by atoms with Crippen LogP contribution in [0.2, 0.25) is 0 Å². The molecular weight excluding hydrogens is 576 g/mol. The van der Waals surface area contributed by atoms with Crippen LogP contribution in [0.15, 0.2) is 18.3 Å². The van der Waals surface area contributed by atoms with Crippen LogP contribution in [0.5, 0.6) is 6.01 Å². The topological polar surface area (TPSA) is 146 Å². The number of nitrogens with zero attached hydrogens (tertiary/aromatic N) is 8. The molecule has 4 aliphatic rings. The Morgan fingerprint density at radius 3 is 2.93 bits per heavy atom. The van der Waals surface area contributed by atoms with E-state index in [1.807, 2.05) is 42.8 Å². The van der Waals surface area contributed by atoms with E-state index in [0.717, 1.165) is 36.3 Å². The number of aromatic nitrogens is 4. The lowest BCUT2D eigenvalue weighted by molar-refractivity contribution is 0.107.